The number of hydrogen-bond donors (Lipinski definition) is 3. The van der Waals surface area contributed by atoms with Crippen LogP contribution in [0.2, 0.25) is 5.02 Å². The SMILES string of the molecule is CC(C)C1(NC2NSc3cc(Cl)ccc3N2)CC1. The minimum Gasteiger partial charge on any atom is -0.356 e. The van der Waals surface area contributed by atoms with Crippen molar-refractivity contribution in [3.05, 3.63) is 23.2 Å². The summed E-state index contributed by atoms with van der Waals surface area (Å²) in [5.74, 6) is 0.665. The molecular formula is C13H18ClN3S. The second-order valence-corrected chi connectivity index (χ2v) is 6.71. The fourth-order valence-corrected chi connectivity index (χ4v) is 3.41. The molecular weight excluding hydrogens is 266 g/mol. The Morgan fingerprint density at radius 2 is 2.22 bits per heavy atom. The number of halogens is 1. The molecule has 2 aliphatic rings. The first-order chi connectivity index (χ1) is 8.59. The van der Waals surface area contributed by atoms with Gasteiger partial charge in [0.25, 0.3) is 0 Å². The standard InChI is InChI=1S/C13H18ClN3S/c1-8(2)13(5-6-13)16-12-15-10-4-3-9(14)7-11(10)18-17-12/h3-4,7-8,12,15-17H,5-6H2,1-2H3. The summed E-state index contributed by atoms with van der Waals surface area (Å²) in [4.78, 5) is 1.15. The zero-order valence-electron chi connectivity index (χ0n) is 10.6. The summed E-state index contributed by atoms with van der Waals surface area (Å²) < 4.78 is 3.39. The maximum atomic E-state index is 5.99. The molecule has 98 valence electrons. The number of rotatable bonds is 3. The summed E-state index contributed by atoms with van der Waals surface area (Å²) >= 11 is 7.62. The average Bonchev–Trinajstić information content (AvgIpc) is 3.10. The molecule has 1 atom stereocenters. The molecule has 1 saturated carbocycles. The normalized spacial score (nSPS) is 24.6. The van der Waals surface area contributed by atoms with Crippen molar-refractivity contribution in [3.63, 3.8) is 0 Å². The van der Waals surface area contributed by atoms with Gasteiger partial charge in [-0.1, -0.05) is 25.4 Å². The molecule has 5 heteroatoms. The van der Waals surface area contributed by atoms with Gasteiger partial charge < -0.3 is 5.32 Å². The molecule has 0 bridgehead atoms. The van der Waals surface area contributed by atoms with Crippen molar-refractivity contribution in [1.29, 1.82) is 0 Å². The minimum absolute atomic E-state index is 0.119. The maximum absolute atomic E-state index is 5.99. The van der Waals surface area contributed by atoms with Crippen LogP contribution in [0.4, 0.5) is 5.69 Å². The van der Waals surface area contributed by atoms with Crippen LogP contribution in [0, 0.1) is 5.92 Å². The molecule has 1 aromatic carbocycles. The smallest absolute Gasteiger partial charge is 0.142 e. The molecule has 1 fully saturated rings. The van der Waals surface area contributed by atoms with Crippen molar-refractivity contribution >= 4 is 29.2 Å². The van der Waals surface area contributed by atoms with Crippen molar-refractivity contribution in [2.24, 2.45) is 5.92 Å². The first-order valence-electron chi connectivity index (χ1n) is 6.35. The van der Waals surface area contributed by atoms with Gasteiger partial charge in [-0.3, -0.25) is 5.32 Å². The second kappa shape index (κ2) is 4.60. The van der Waals surface area contributed by atoms with Gasteiger partial charge >= 0.3 is 0 Å². The Hall–Kier alpha value is -0.420. The van der Waals surface area contributed by atoms with E-state index in [1.54, 1.807) is 11.9 Å². The van der Waals surface area contributed by atoms with Crippen LogP contribution in [0.1, 0.15) is 26.7 Å². The summed E-state index contributed by atoms with van der Waals surface area (Å²) in [6.45, 7) is 4.56. The quantitative estimate of drug-likeness (QED) is 0.743. The summed E-state index contributed by atoms with van der Waals surface area (Å²) in [5.41, 5.74) is 1.45. The zero-order chi connectivity index (χ0) is 12.8. The van der Waals surface area contributed by atoms with Crippen LogP contribution in [0.5, 0.6) is 0 Å². The summed E-state index contributed by atoms with van der Waals surface area (Å²) in [7, 11) is 0. The van der Waals surface area contributed by atoms with Crippen LogP contribution >= 0.6 is 23.5 Å². The lowest BCUT2D eigenvalue weighted by Gasteiger charge is -2.33. The predicted molar refractivity (Wildman–Crippen MR) is 77.8 cm³/mol. The molecule has 0 saturated heterocycles. The van der Waals surface area contributed by atoms with Gasteiger partial charge in [0.1, 0.15) is 6.29 Å². The molecule has 0 amide bonds. The van der Waals surface area contributed by atoms with Gasteiger partial charge in [-0.25, -0.2) is 4.72 Å². The van der Waals surface area contributed by atoms with Crippen molar-refractivity contribution in [1.82, 2.24) is 10.0 Å². The van der Waals surface area contributed by atoms with E-state index in [4.69, 9.17) is 11.6 Å². The molecule has 1 aliphatic carbocycles. The van der Waals surface area contributed by atoms with Crippen LogP contribution in [-0.2, 0) is 0 Å². The van der Waals surface area contributed by atoms with Gasteiger partial charge in [0, 0.05) is 15.5 Å². The van der Waals surface area contributed by atoms with Gasteiger partial charge in [0.05, 0.1) is 5.69 Å². The average molecular weight is 284 g/mol. The highest BCUT2D eigenvalue weighted by Gasteiger charge is 2.46. The molecule has 1 aliphatic heterocycles. The summed E-state index contributed by atoms with van der Waals surface area (Å²) in [6.07, 6.45) is 2.65. The fraction of sp³-hybridized carbons (Fsp3) is 0.538. The summed E-state index contributed by atoms with van der Waals surface area (Å²) in [5, 5.41) is 7.93. The second-order valence-electron chi connectivity index (χ2n) is 5.39. The van der Waals surface area contributed by atoms with Crippen LogP contribution in [0.25, 0.3) is 0 Å². The predicted octanol–water partition coefficient (Wildman–Crippen LogP) is 3.42. The Morgan fingerprint density at radius 3 is 2.89 bits per heavy atom. The van der Waals surface area contributed by atoms with Gasteiger partial charge in [-0.2, -0.15) is 0 Å². The Bertz CT molecular complexity index is 460. The molecule has 0 spiro atoms. The number of fused-ring (bicyclic) bond motifs is 1. The Labute approximate surface area is 117 Å². The van der Waals surface area contributed by atoms with Crippen molar-refractivity contribution in [2.75, 3.05) is 5.32 Å². The summed E-state index contributed by atoms with van der Waals surface area (Å²) in [6, 6.07) is 5.94. The highest BCUT2D eigenvalue weighted by Crippen LogP contribution is 2.43. The lowest BCUT2D eigenvalue weighted by molar-refractivity contribution is 0.339. The molecule has 0 aromatic heterocycles. The van der Waals surface area contributed by atoms with Gasteiger partial charge in [0.15, 0.2) is 0 Å². The van der Waals surface area contributed by atoms with Crippen LogP contribution in [0.3, 0.4) is 0 Å². The monoisotopic (exact) mass is 283 g/mol. The van der Waals surface area contributed by atoms with Crippen LogP contribution < -0.4 is 15.4 Å². The van der Waals surface area contributed by atoms with E-state index in [2.05, 4.69) is 29.2 Å². The molecule has 3 nitrogen and oxygen atoms in total. The van der Waals surface area contributed by atoms with Crippen molar-refractivity contribution in [2.45, 2.75) is 43.4 Å². The third kappa shape index (κ3) is 2.35. The Kier molecular flexibility index (Phi) is 3.22. The Balaban J connectivity index is 1.70. The van der Waals surface area contributed by atoms with Crippen LogP contribution in [0.15, 0.2) is 23.1 Å². The highest BCUT2D eigenvalue weighted by molar-refractivity contribution is 7.97. The molecule has 3 N–H and O–H groups in total. The third-order valence-corrected chi connectivity index (χ3v) is 5.00. The zero-order valence-corrected chi connectivity index (χ0v) is 12.2. The van der Waals surface area contributed by atoms with E-state index in [0.717, 1.165) is 15.6 Å². The van der Waals surface area contributed by atoms with Crippen LogP contribution in [-0.4, -0.2) is 11.8 Å². The topological polar surface area (TPSA) is 36.1 Å². The first kappa shape index (κ1) is 12.6. The first-order valence-corrected chi connectivity index (χ1v) is 7.55. The van der Waals surface area contributed by atoms with Gasteiger partial charge in [-0.15, -0.1) is 0 Å². The van der Waals surface area contributed by atoms with E-state index < -0.39 is 0 Å². The third-order valence-electron chi connectivity index (χ3n) is 3.86. The maximum Gasteiger partial charge on any atom is 0.142 e. The van der Waals surface area contributed by atoms with E-state index in [-0.39, 0.29) is 6.29 Å². The van der Waals surface area contributed by atoms with E-state index in [0.29, 0.717) is 11.5 Å². The lowest BCUT2D eigenvalue weighted by Crippen LogP contribution is -2.54. The minimum atomic E-state index is 0.119. The van der Waals surface area contributed by atoms with Crippen molar-refractivity contribution < 1.29 is 0 Å². The van der Waals surface area contributed by atoms with E-state index >= 15 is 0 Å². The number of anilines is 1. The van der Waals surface area contributed by atoms with E-state index in [1.807, 2.05) is 18.2 Å². The molecule has 0 radical (unpaired) electrons. The number of hydrogen-bond acceptors (Lipinski definition) is 4. The molecule has 1 aromatic rings. The molecule has 1 unspecified atom stereocenters. The number of nitrogens with one attached hydrogen (secondary N) is 3. The molecule has 3 rings (SSSR count). The van der Waals surface area contributed by atoms with Gasteiger partial charge in [-0.05, 0) is 48.9 Å². The number of benzene rings is 1. The fourth-order valence-electron chi connectivity index (χ4n) is 2.38. The largest absolute Gasteiger partial charge is 0.356 e. The molecule has 18 heavy (non-hydrogen) atoms. The van der Waals surface area contributed by atoms with Gasteiger partial charge in [0.2, 0.25) is 0 Å². The van der Waals surface area contributed by atoms with E-state index in [9.17, 15) is 0 Å². The Morgan fingerprint density at radius 1 is 1.44 bits per heavy atom. The highest BCUT2D eigenvalue weighted by atomic mass is 35.5. The molecule has 1 heterocycles. The lowest BCUT2D eigenvalue weighted by atomic mass is 10.0. The van der Waals surface area contributed by atoms with Crippen molar-refractivity contribution in [3.8, 4) is 0 Å². The van der Waals surface area contributed by atoms with E-state index in [1.165, 1.54) is 12.8 Å².